The van der Waals surface area contributed by atoms with Crippen molar-refractivity contribution in [2.45, 2.75) is 13.8 Å². The van der Waals surface area contributed by atoms with E-state index >= 15 is 0 Å². The largest absolute Gasteiger partial charge is 0.494 e. The van der Waals surface area contributed by atoms with E-state index in [0.29, 0.717) is 23.3 Å². The number of hydrogen-bond donors (Lipinski definition) is 1. The number of nitrogens with zero attached hydrogens (tertiary/aromatic N) is 1. The van der Waals surface area contributed by atoms with E-state index in [9.17, 15) is 4.79 Å². The Labute approximate surface area is 122 Å². The Balaban J connectivity index is 2.16. The van der Waals surface area contributed by atoms with Crippen LogP contribution in [-0.2, 0) is 0 Å². The molecule has 0 aliphatic rings. The lowest BCUT2D eigenvalue weighted by molar-refractivity contribution is 0.338. The summed E-state index contributed by atoms with van der Waals surface area (Å²) in [5, 5.41) is 0.596. The van der Waals surface area contributed by atoms with E-state index in [1.165, 1.54) is 0 Å². The first-order valence-electron chi connectivity index (χ1n) is 6.92. The summed E-state index contributed by atoms with van der Waals surface area (Å²) >= 11 is 0. The average molecular weight is 280 g/mol. The van der Waals surface area contributed by atoms with E-state index in [1.54, 1.807) is 6.07 Å². The van der Waals surface area contributed by atoms with E-state index < -0.39 is 0 Å². The highest BCUT2D eigenvalue weighted by atomic mass is 16.5. The van der Waals surface area contributed by atoms with Gasteiger partial charge in [-0.15, -0.1) is 0 Å². The molecule has 0 amide bonds. The Morgan fingerprint density at radius 1 is 1.19 bits per heavy atom. The third kappa shape index (κ3) is 2.52. The molecule has 0 spiro atoms. The summed E-state index contributed by atoms with van der Waals surface area (Å²) in [5.74, 6) is 1.37. The molecule has 1 N–H and O–H groups in total. The van der Waals surface area contributed by atoms with Crippen molar-refractivity contribution < 1.29 is 4.74 Å². The summed E-state index contributed by atoms with van der Waals surface area (Å²) < 4.78 is 5.60. The second kappa shape index (κ2) is 5.40. The van der Waals surface area contributed by atoms with Gasteiger partial charge in [-0.2, -0.15) is 0 Å². The Bertz CT molecular complexity index is 853. The van der Waals surface area contributed by atoms with Crippen molar-refractivity contribution in [2.24, 2.45) is 0 Å². The van der Waals surface area contributed by atoms with Gasteiger partial charge in [0.2, 0.25) is 0 Å². The van der Waals surface area contributed by atoms with Gasteiger partial charge >= 0.3 is 0 Å². The summed E-state index contributed by atoms with van der Waals surface area (Å²) in [6.07, 6.45) is 0. The molecule has 0 saturated heterocycles. The number of aromatic nitrogens is 2. The zero-order chi connectivity index (χ0) is 14.8. The maximum atomic E-state index is 12.1. The van der Waals surface area contributed by atoms with Gasteiger partial charge < -0.3 is 9.72 Å². The number of nitrogens with one attached hydrogen (secondary N) is 1. The van der Waals surface area contributed by atoms with Crippen LogP contribution >= 0.6 is 0 Å². The number of aromatic amines is 1. The van der Waals surface area contributed by atoms with Crippen LogP contribution in [0.4, 0.5) is 0 Å². The predicted octanol–water partition coefficient (Wildman–Crippen LogP) is 3.30. The van der Waals surface area contributed by atoms with Gasteiger partial charge in [0, 0.05) is 5.56 Å². The van der Waals surface area contributed by atoms with Crippen molar-refractivity contribution in [3.05, 3.63) is 58.4 Å². The van der Waals surface area contributed by atoms with Gasteiger partial charge in [-0.25, -0.2) is 4.98 Å². The zero-order valence-electron chi connectivity index (χ0n) is 12.0. The zero-order valence-corrected chi connectivity index (χ0v) is 12.0. The number of aryl methyl sites for hydroxylation is 1. The first-order chi connectivity index (χ1) is 10.2. The van der Waals surface area contributed by atoms with Crippen molar-refractivity contribution in [2.75, 3.05) is 6.61 Å². The lowest BCUT2D eigenvalue weighted by atomic mass is 10.1. The molecule has 21 heavy (non-hydrogen) atoms. The number of ether oxygens (including phenoxy) is 1. The van der Waals surface area contributed by atoms with Gasteiger partial charge in [-0.05, 0) is 37.6 Å². The molecule has 0 saturated carbocycles. The lowest BCUT2D eigenvalue weighted by Crippen LogP contribution is -2.09. The minimum absolute atomic E-state index is 0.130. The number of fused-ring (bicyclic) bond motifs is 1. The molecule has 1 heterocycles. The summed E-state index contributed by atoms with van der Waals surface area (Å²) in [6.45, 7) is 4.54. The quantitative estimate of drug-likeness (QED) is 0.801. The van der Waals surface area contributed by atoms with Gasteiger partial charge in [0.1, 0.15) is 11.6 Å². The third-order valence-corrected chi connectivity index (χ3v) is 3.37. The highest BCUT2D eigenvalue weighted by Gasteiger charge is 2.08. The second-order valence-electron chi connectivity index (χ2n) is 4.84. The first kappa shape index (κ1) is 13.4. The Morgan fingerprint density at radius 2 is 2.00 bits per heavy atom. The van der Waals surface area contributed by atoms with E-state index in [4.69, 9.17) is 4.74 Å². The Morgan fingerprint density at radius 3 is 2.81 bits per heavy atom. The molecule has 0 radical (unpaired) electrons. The van der Waals surface area contributed by atoms with Gasteiger partial charge in [0.25, 0.3) is 5.56 Å². The van der Waals surface area contributed by atoms with E-state index in [2.05, 4.69) is 9.97 Å². The molecule has 4 nitrogen and oxygen atoms in total. The highest BCUT2D eigenvalue weighted by Crippen LogP contribution is 2.25. The summed E-state index contributed by atoms with van der Waals surface area (Å²) in [5.41, 5.74) is 2.46. The topological polar surface area (TPSA) is 55.0 Å². The molecular formula is C17H16N2O2. The minimum atomic E-state index is -0.130. The summed E-state index contributed by atoms with van der Waals surface area (Å²) in [6, 6.07) is 13.1. The Hall–Kier alpha value is -2.62. The van der Waals surface area contributed by atoms with Crippen molar-refractivity contribution >= 4 is 10.9 Å². The van der Waals surface area contributed by atoms with Crippen LogP contribution in [0.3, 0.4) is 0 Å². The van der Waals surface area contributed by atoms with E-state index in [0.717, 1.165) is 16.9 Å². The van der Waals surface area contributed by atoms with Gasteiger partial charge in [-0.1, -0.05) is 24.3 Å². The van der Waals surface area contributed by atoms with Crippen LogP contribution < -0.4 is 10.3 Å². The summed E-state index contributed by atoms with van der Waals surface area (Å²) in [4.78, 5) is 19.5. The van der Waals surface area contributed by atoms with Crippen LogP contribution in [0, 0.1) is 6.92 Å². The van der Waals surface area contributed by atoms with Gasteiger partial charge in [-0.3, -0.25) is 4.79 Å². The number of para-hydroxylation sites is 1. The first-order valence-corrected chi connectivity index (χ1v) is 6.92. The fourth-order valence-electron chi connectivity index (χ4n) is 2.28. The predicted molar refractivity (Wildman–Crippen MR) is 83.7 cm³/mol. The fourth-order valence-corrected chi connectivity index (χ4v) is 2.28. The van der Waals surface area contributed by atoms with Crippen LogP contribution in [-0.4, -0.2) is 16.6 Å². The lowest BCUT2D eigenvalue weighted by Gasteiger charge is -2.09. The van der Waals surface area contributed by atoms with Crippen LogP contribution in [0.25, 0.3) is 22.3 Å². The number of rotatable bonds is 3. The van der Waals surface area contributed by atoms with Gasteiger partial charge in [0.15, 0.2) is 0 Å². The molecule has 0 unspecified atom stereocenters. The van der Waals surface area contributed by atoms with Crippen molar-refractivity contribution in [3.8, 4) is 17.1 Å². The smallest absolute Gasteiger partial charge is 0.259 e. The molecule has 0 fully saturated rings. The molecule has 4 heteroatoms. The minimum Gasteiger partial charge on any atom is -0.494 e. The second-order valence-corrected chi connectivity index (χ2v) is 4.84. The fraction of sp³-hybridized carbons (Fsp3) is 0.176. The van der Waals surface area contributed by atoms with Crippen molar-refractivity contribution in [1.82, 2.24) is 9.97 Å². The number of hydrogen-bond acceptors (Lipinski definition) is 3. The third-order valence-electron chi connectivity index (χ3n) is 3.37. The maximum Gasteiger partial charge on any atom is 0.259 e. The standard InChI is InChI=1S/C17H16N2O2/c1-3-21-15-10-12(9-8-11(15)2)16-18-14-7-5-4-6-13(14)17(20)19-16/h4-10H,3H2,1-2H3,(H,18,19,20). The maximum absolute atomic E-state index is 12.1. The van der Waals surface area contributed by atoms with Crippen LogP contribution in [0.15, 0.2) is 47.3 Å². The monoisotopic (exact) mass is 280 g/mol. The van der Waals surface area contributed by atoms with Crippen LogP contribution in [0.5, 0.6) is 5.75 Å². The molecule has 0 bridgehead atoms. The molecule has 106 valence electrons. The molecule has 0 atom stereocenters. The molecule has 1 aromatic heterocycles. The SMILES string of the molecule is CCOc1cc(-c2nc3ccccc3c(=O)[nH]2)ccc1C. The molecule has 3 rings (SSSR count). The normalized spacial score (nSPS) is 10.8. The average Bonchev–Trinajstić information content (AvgIpc) is 2.50. The summed E-state index contributed by atoms with van der Waals surface area (Å²) in [7, 11) is 0. The van der Waals surface area contributed by atoms with E-state index in [-0.39, 0.29) is 5.56 Å². The highest BCUT2D eigenvalue weighted by molar-refractivity contribution is 5.79. The van der Waals surface area contributed by atoms with Crippen LogP contribution in [0.2, 0.25) is 0 Å². The van der Waals surface area contributed by atoms with E-state index in [1.807, 2.05) is 50.2 Å². The van der Waals surface area contributed by atoms with Crippen molar-refractivity contribution in [1.29, 1.82) is 0 Å². The van der Waals surface area contributed by atoms with Crippen LogP contribution in [0.1, 0.15) is 12.5 Å². The van der Waals surface area contributed by atoms with Crippen molar-refractivity contribution in [3.63, 3.8) is 0 Å². The molecule has 0 aliphatic carbocycles. The van der Waals surface area contributed by atoms with Gasteiger partial charge in [0.05, 0.1) is 17.5 Å². The molecule has 0 aliphatic heterocycles. The molecule has 2 aromatic carbocycles. The molecule has 3 aromatic rings. The molecular weight excluding hydrogens is 264 g/mol. The number of benzene rings is 2. The number of H-pyrrole nitrogens is 1. The Kier molecular flexibility index (Phi) is 3.44.